The van der Waals surface area contributed by atoms with Crippen molar-refractivity contribution >= 4 is 11.6 Å². The zero-order chi connectivity index (χ0) is 15.4. The van der Waals surface area contributed by atoms with Crippen molar-refractivity contribution < 1.29 is 4.79 Å². The van der Waals surface area contributed by atoms with E-state index in [0.717, 1.165) is 11.3 Å². The molecule has 0 saturated carbocycles. The van der Waals surface area contributed by atoms with Gasteiger partial charge in [0, 0.05) is 11.3 Å². The maximum Gasteiger partial charge on any atom is 0.255 e. The molecule has 1 amide bonds. The fourth-order valence-corrected chi connectivity index (χ4v) is 2.08. The maximum atomic E-state index is 12.2. The van der Waals surface area contributed by atoms with Crippen molar-refractivity contribution in [2.45, 2.75) is 0 Å². The number of nitriles is 1. The van der Waals surface area contributed by atoms with Gasteiger partial charge in [0.1, 0.15) is 0 Å². The number of rotatable bonds is 3. The number of H-pyrrole nitrogens is 1. The van der Waals surface area contributed by atoms with Crippen LogP contribution in [-0.4, -0.2) is 15.9 Å². The highest BCUT2D eigenvalue weighted by Crippen LogP contribution is 2.19. The zero-order valence-electron chi connectivity index (χ0n) is 11.6. The van der Waals surface area contributed by atoms with Crippen LogP contribution in [0, 0.1) is 11.3 Å². The summed E-state index contributed by atoms with van der Waals surface area (Å²) < 4.78 is 0. The lowest BCUT2D eigenvalue weighted by atomic mass is 10.1. The number of benzene rings is 2. The van der Waals surface area contributed by atoms with Crippen LogP contribution in [0.1, 0.15) is 15.9 Å². The van der Waals surface area contributed by atoms with Crippen LogP contribution in [0.5, 0.6) is 0 Å². The molecule has 0 bridgehead atoms. The van der Waals surface area contributed by atoms with Gasteiger partial charge in [0.05, 0.1) is 29.9 Å². The van der Waals surface area contributed by atoms with Crippen LogP contribution in [0.25, 0.3) is 11.3 Å². The third-order valence-corrected chi connectivity index (χ3v) is 3.21. The molecule has 0 saturated heterocycles. The largest absolute Gasteiger partial charge is 0.345 e. The first kappa shape index (κ1) is 13.6. The number of anilines is 1. The molecule has 1 aromatic heterocycles. The normalized spacial score (nSPS) is 9.95. The second kappa shape index (κ2) is 5.94. The number of amides is 1. The van der Waals surface area contributed by atoms with Crippen LogP contribution in [0.2, 0.25) is 0 Å². The molecule has 0 aliphatic heterocycles. The molecule has 0 atom stereocenters. The van der Waals surface area contributed by atoms with E-state index >= 15 is 0 Å². The Kier molecular flexibility index (Phi) is 3.67. The molecular weight excluding hydrogens is 276 g/mol. The number of nitrogens with one attached hydrogen (secondary N) is 2. The van der Waals surface area contributed by atoms with E-state index in [1.807, 2.05) is 30.3 Å². The van der Waals surface area contributed by atoms with Crippen molar-refractivity contribution in [3.63, 3.8) is 0 Å². The predicted octanol–water partition coefficient (Wildman–Crippen LogP) is 3.20. The first-order chi connectivity index (χ1) is 10.8. The Balaban J connectivity index is 1.75. The number of carbonyl (C=O) groups excluding carboxylic acids is 1. The summed E-state index contributed by atoms with van der Waals surface area (Å²) in [5.41, 5.74) is 3.51. The molecule has 0 fully saturated rings. The molecule has 2 N–H and O–H groups in total. The average molecular weight is 288 g/mol. The van der Waals surface area contributed by atoms with Crippen molar-refractivity contribution in [3.8, 4) is 17.3 Å². The lowest BCUT2D eigenvalue weighted by Crippen LogP contribution is -2.11. The van der Waals surface area contributed by atoms with Crippen molar-refractivity contribution in [1.29, 1.82) is 5.26 Å². The van der Waals surface area contributed by atoms with Crippen LogP contribution < -0.4 is 5.32 Å². The number of imidazole rings is 1. The number of hydrogen-bond acceptors (Lipinski definition) is 3. The van der Waals surface area contributed by atoms with Gasteiger partial charge in [-0.2, -0.15) is 5.26 Å². The number of carbonyl (C=O) groups is 1. The van der Waals surface area contributed by atoms with Gasteiger partial charge in [0.2, 0.25) is 0 Å². The SMILES string of the molecule is N#Cc1cccc(C(=O)Nc2ccc(-c3cnc[nH]3)cc2)c1. The Morgan fingerprint density at radius 2 is 2.00 bits per heavy atom. The molecule has 1 heterocycles. The van der Waals surface area contributed by atoms with Gasteiger partial charge in [-0.15, -0.1) is 0 Å². The third-order valence-electron chi connectivity index (χ3n) is 3.21. The third kappa shape index (κ3) is 2.86. The second-order valence-corrected chi connectivity index (χ2v) is 4.69. The fraction of sp³-hybridized carbons (Fsp3) is 0. The minimum atomic E-state index is -0.244. The highest BCUT2D eigenvalue weighted by Gasteiger charge is 2.07. The molecule has 3 aromatic rings. The van der Waals surface area contributed by atoms with Crippen LogP contribution in [0.15, 0.2) is 61.1 Å². The number of nitrogens with zero attached hydrogens (tertiary/aromatic N) is 2. The highest BCUT2D eigenvalue weighted by molar-refractivity contribution is 6.04. The monoisotopic (exact) mass is 288 g/mol. The molecule has 5 nitrogen and oxygen atoms in total. The van der Waals surface area contributed by atoms with Crippen LogP contribution >= 0.6 is 0 Å². The Labute approximate surface area is 127 Å². The Bertz CT molecular complexity index is 830. The number of aromatic nitrogens is 2. The molecule has 2 aromatic carbocycles. The Morgan fingerprint density at radius 1 is 1.18 bits per heavy atom. The fourth-order valence-electron chi connectivity index (χ4n) is 2.08. The van der Waals surface area contributed by atoms with Gasteiger partial charge < -0.3 is 10.3 Å². The summed E-state index contributed by atoms with van der Waals surface area (Å²) in [5, 5.41) is 11.7. The van der Waals surface area contributed by atoms with E-state index in [1.165, 1.54) is 0 Å². The van der Waals surface area contributed by atoms with E-state index < -0.39 is 0 Å². The van der Waals surface area contributed by atoms with Crippen molar-refractivity contribution in [3.05, 3.63) is 72.2 Å². The van der Waals surface area contributed by atoms with E-state index in [-0.39, 0.29) is 5.91 Å². The molecule has 0 spiro atoms. The molecule has 0 aliphatic rings. The van der Waals surface area contributed by atoms with Gasteiger partial charge in [0.15, 0.2) is 0 Å². The Morgan fingerprint density at radius 3 is 2.68 bits per heavy atom. The summed E-state index contributed by atoms with van der Waals surface area (Å²) in [7, 11) is 0. The standard InChI is InChI=1S/C17H12N4O/c18-9-12-2-1-3-14(8-12)17(22)21-15-6-4-13(5-7-15)16-10-19-11-20-16/h1-8,10-11H,(H,19,20)(H,21,22). The van der Waals surface area contributed by atoms with Gasteiger partial charge in [-0.1, -0.05) is 18.2 Å². The molecular formula is C17H12N4O. The summed E-state index contributed by atoms with van der Waals surface area (Å²) in [6.45, 7) is 0. The smallest absolute Gasteiger partial charge is 0.255 e. The minimum Gasteiger partial charge on any atom is -0.345 e. The number of aromatic amines is 1. The molecule has 5 heteroatoms. The van der Waals surface area contributed by atoms with Crippen molar-refractivity contribution in [2.75, 3.05) is 5.32 Å². The second-order valence-electron chi connectivity index (χ2n) is 4.69. The quantitative estimate of drug-likeness (QED) is 0.776. The first-order valence-electron chi connectivity index (χ1n) is 6.66. The predicted molar refractivity (Wildman–Crippen MR) is 83.1 cm³/mol. The van der Waals surface area contributed by atoms with Crippen LogP contribution in [-0.2, 0) is 0 Å². The average Bonchev–Trinajstić information content (AvgIpc) is 3.10. The summed E-state index contributed by atoms with van der Waals surface area (Å²) in [6, 6.07) is 16.0. The van der Waals surface area contributed by atoms with Crippen LogP contribution in [0.4, 0.5) is 5.69 Å². The molecule has 3 rings (SSSR count). The van der Waals surface area contributed by atoms with E-state index in [0.29, 0.717) is 16.8 Å². The van der Waals surface area contributed by atoms with Crippen LogP contribution in [0.3, 0.4) is 0 Å². The van der Waals surface area contributed by atoms with E-state index in [4.69, 9.17) is 5.26 Å². The molecule has 22 heavy (non-hydrogen) atoms. The lowest BCUT2D eigenvalue weighted by molar-refractivity contribution is 0.102. The summed E-state index contributed by atoms with van der Waals surface area (Å²) >= 11 is 0. The summed E-state index contributed by atoms with van der Waals surface area (Å²) in [6.07, 6.45) is 3.36. The number of hydrogen-bond donors (Lipinski definition) is 2. The highest BCUT2D eigenvalue weighted by atomic mass is 16.1. The Hall–Kier alpha value is -3.39. The molecule has 0 unspecified atom stereocenters. The molecule has 0 aliphatic carbocycles. The van der Waals surface area contributed by atoms with E-state index in [9.17, 15) is 4.79 Å². The minimum absolute atomic E-state index is 0.244. The lowest BCUT2D eigenvalue weighted by Gasteiger charge is -2.06. The molecule has 0 radical (unpaired) electrons. The summed E-state index contributed by atoms with van der Waals surface area (Å²) in [5.74, 6) is -0.244. The van der Waals surface area contributed by atoms with Gasteiger partial charge in [0.25, 0.3) is 5.91 Å². The van der Waals surface area contributed by atoms with Gasteiger partial charge in [-0.25, -0.2) is 4.98 Å². The molecule has 106 valence electrons. The zero-order valence-corrected chi connectivity index (χ0v) is 11.6. The maximum absolute atomic E-state index is 12.2. The van der Waals surface area contributed by atoms with E-state index in [2.05, 4.69) is 15.3 Å². The van der Waals surface area contributed by atoms with Gasteiger partial charge >= 0.3 is 0 Å². The van der Waals surface area contributed by atoms with Gasteiger partial charge in [-0.05, 0) is 35.9 Å². The topological polar surface area (TPSA) is 81.6 Å². The van der Waals surface area contributed by atoms with E-state index in [1.54, 1.807) is 36.8 Å². The van der Waals surface area contributed by atoms with Crippen molar-refractivity contribution in [1.82, 2.24) is 9.97 Å². The van der Waals surface area contributed by atoms with Crippen molar-refractivity contribution in [2.24, 2.45) is 0 Å². The summed E-state index contributed by atoms with van der Waals surface area (Å²) in [4.78, 5) is 19.2. The first-order valence-corrected chi connectivity index (χ1v) is 6.66. The van der Waals surface area contributed by atoms with Gasteiger partial charge in [-0.3, -0.25) is 4.79 Å².